The predicted octanol–water partition coefficient (Wildman–Crippen LogP) is 2.83. The Kier molecular flexibility index (Phi) is 3.08. The maximum Gasteiger partial charge on any atom is 0.0192 e. The quantitative estimate of drug-likeness (QED) is 0.542. The van der Waals surface area contributed by atoms with Gasteiger partial charge in [-0.25, -0.2) is 0 Å². The van der Waals surface area contributed by atoms with Gasteiger partial charge in [-0.05, 0) is 13.3 Å². The van der Waals surface area contributed by atoms with Crippen LogP contribution in [-0.2, 0) is 11.8 Å². The average Bonchev–Trinajstić information content (AvgIpc) is 1.67. The standard InChI is InChI=1S/C6H13PS/c1-5(2)6(3,4)7-8/h5H,1-4H3. The van der Waals surface area contributed by atoms with Crippen molar-refractivity contribution < 1.29 is 0 Å². The van der Waals surface area contributed by atoms with Crippen LogP contribution in [0, 0.1) is 5.92 Å². The summed E-state index contributed by atoms with van der Waals surface area (Å²) in [4.78, 5) is 0. The van der Waals surface area contributed by atoms with Crippen LogP contribution in [0.15, 0.2) is 0 Å². The molecule has 0 spiro atoms. The molecule has 0 bridgehead atoms. The molecule has 0 atom stereocenters. The topological polar surface area (TPSA) is 0 Å². The van der Waals surface area contributed by atoms with Crippen LogP contribution < -0.4 is 0 Å². The minimum absolute atomic E-state index is 0.329. The lowest BCUT2D eigenvalue weighted by atomic mass is 10.00. The van der Waals surface area contributed by atoms with Crippen molar-refractivity contribution in [2.24, 2.45) is 5.92 Å². The van der Waals surface area contributed by atoms with Crippen LogP contribution in [0.1, 0.15) is 27.7 Å². The summed E-state index contributed by atoms with van der Waals surface area (Å²) in [6, 6.07) is 0. The second kappa shape index (κ2) is 2.89. The SMILES string of the molecule is CC(C)C(C)(C)P=S. The Morgan fingerprint density at radius 1 is 1.38 bits per heavy atom. The molecule has 0 rings (SSSR count). The van der Waals surface area contributed by atoms with Gasteiger partial charge in [0.25, 0.3) is 0 Å². The molecule has 0 aliphatic heterocycles. The number of hydrogen-bond acceptors (Lipinski definition) is 1. The van der Waals surface area contributed by atoms with Gasteiger partial charge in [-0.1, -0.05) is 39.5 Å². The van der Waals surface area contributed by atoms with Crippen molar-refractivity contribution in [1.82, 2.24) is 0 Å². The molecular formula is C6H13PS. The van der Waals surface area contributed by atoms with E-state index in [-0.39, 0.29) is 0 Å². The molecule has 0 N–H and O–H groups in total. The van der Waals surface area contributed by atoms with E-state index in [1.165, 1.54) is 0 Å². The molecule has 0 unspecified atom stereocenters. The van der Waals surface area contributed by atoms with E-state index in [4.69, 9.17) is 11.8 Å². The van der Waals surface area contributed by atoms with Crippen LogP contribution >= 0.6 is 7.36 Å². The summed E-state index contributed by atoms with van der Waals surface area (Å²) in [7, 11) is 1.08. The summed E-state index contributed by atoms with van der Waals surface area (Å²) in [6.07, 6.45) is 0. The molecule has 0 aromatic rings. The lowest BCUT2D eigenvalue weighted by Crippen LogP contribution is -2.18. The zero-order valence-electron chi connectivity index (χ0n) is 5.93. The van der Waals surface area contributed by atoms with Crippen molar-refractivity contribution in [2.45, 2.75) is 32.9 Å². The Morgan fingerprint density at radius 3 is 1.75 bits per heavy atom. The largest absolute Gasteiger partial charge is 0.0616 e. The zero-order chi connectivity index (χ0) is 6.78. The highest BCUT2D eigenvalue weighted by molar-refractivity contribution is 7.97. The lowest BCUT2D eigenvalue weighted by Gasteiger charge is -2.21. The van der Waals surface area contributed by atoms with Crippen molar-refractivity contribution >= 4 is 19.2 Å². The van der Waals surface area contributed by atoms with Gasteiger partial charge in [0.2, 0.25) is 0 Å². The van der Waals surface area contributed by atoms with Gasteiger partial charge >= 0.3 is 0 Å². The van der Waals surface area contributed by atoms with Gasteiger partial charge in [0.15, 0.2) is 0 Å². The molecule has 2 heteroatoms. The molecule has 0 aromatic heterocycles. The number of hydrogen-bond donors (Lipinski definition) is 0. The maximum atomic E-state index is 4.94. The molecule has 0 fully saturated rings. The van der Waals surface area contributed by atoms with Gasteiger partial charge in [-0.15, -0.1) is 0 Å². The van der Waals surface area contributed by atoms with E-state index in [0.717, 1.165) is 7.36 Å². The Labute approximate surface area is 58.5 Å². The fraction of sp³-hybridized carbons (Fsp3) is 1.00. The summed E-state index contributed by atoms with van der Waals surface area (Å²) < 4.78 is 0. The first kappa shape index (κ1) is 8.52. The summed E-state index contributed by atoms with van der Waals surface area (Å²) >= 11 is 4.94. The van der Waals surface area contributed by atoms with Crippen molar-refractivity contribution in [3.05, 3.63) is 0 Å². The number of rotatable bonds is 2. The third-order valence-electron chi connectivity index (χ3n) is 1.65. The van der Waals surface area contributed by atoms with E-state index < -0.39 is 0 Å². The van der Waals surface area contributed by atoms with Crippen molar-refractivity contribution in [3.8, 4) is 0 Å². The van der Waals surface area contributed by atoms with Crippen LogP contribution in [0.4, 0.5) is 0 Å². The van der Waals surface area contributed by atoms with Gasteiger partial charge in [-0.2, -0.15) is 0 Å². The first-order valence-electron chi connectivity index (χ1n) is 2.85. The highest BCUT2D eigenvalue weighted by Crippen LogP contribution is 2.29. The first-order chi connectivity index (χ1) is 3.50. The Bertz CT molecular complexity index is 86.5. The van der Waals surface area contributed by atoms with Gasteiger partial charge in [-0.3, -0.25) is 0 Å². The lowest BCUT2D eigenvalue weighted by molar-refractivity contribution is 0.503. The van der Waals surface area contributed by atoms with E-state index in [9.17, 15) is 0 Å². The molecule has 8 heavy (non-hydrogen) atoms. The normalized spacial score (nSPS) is 13.1. The fourth-order valence-electron chi connectivity index (χ4n) is 0.105. The minimum Gasteiger partial charge on any atom is -0.0616 e. The summed E-state index contributed by atoms with van der Waals surface area (Å²) in [5, 5.41) is 0.329. The van der Waals surface area contributed by atoms with E-state index in [2.05, 4.69) is 27.7 Å². The highest BCUT2D eigenvalue weighted by Gasteiger charge is 2.18. The van der Waals surface area contributed by atoms with Gasteiger partial charge in [0.1, 0.15) is 0 Å². The van der Waals surface area contributed by atoms with Crippen molar-refractivity contribution in [2.75, 3.05) is 0 Å². The van der Waals surface area contributed by atoms with Crippen LogP contribution in [0.25, 0.3) is 0 Å². The third-order valence-corrected chi connectivity index (χ3v) is 4.05. The molecule has 0 heterocycles. The Hall–Kier alpha value is 0.520. The van der Waals surface area contributed by atoms with E-state index >= 15 is 0 Å². The molecule has 48 valence electrons. The van der Waals surface area contributed by atoms with Crippen LogP contribution in [-0.4, -0.2) is 5.16 Å². The Morgan fingerprint density at radius 2 is 1.75 bits per heavy atom. The van der Waals surface area contributed by atoms with Crippen molar-refractivity contribution in [3.63, 3.8) is 0 Å². The van der Waals surface area contributed by atoms with Crippen molar-refractivity contribution in [1.29, 1.82) is 0 Å². The Balaban J connectivity index is 3.90. The second-order valence-corrected chi connectivity index (χ2v) is 4.78. The van der Waals surface area contributed by atoms with Gasteiger partial charge in [0.05, 0.1) is 0 Å². The minimum atomic E-state index is 0.329. The van der Waals surface area contributed by atoms with E-state index in [1.807, 2.05) is 0 Å². The summed E-state index contributed by atoms with van der Waals surface area (Å²) in [6.45, 7) is 8.82. The summed E-state index contributed by atoms with van der Waals surface area (Å²) in [5.41, 5.74) is 0. The molecule has 0 saturated heterocycles. The van der Waals surface area contributed by atoms with E-state index in [1.54, 1.807) is 0 Å². The van der Waals surface area contributed by atoms with Crippen LogP contribution in [0.2, 0.25) is 0 Å². The first-order valence-corrected chi connectivity index (χ1v) is 4.76. The van der Waals surface area contributed by atoms with Crippen LogP contribution in [0.5, 0.6) is 0 Å². The maximum absolute atomic E-state index is 4.94. The monoisotopic (exact) mass is 148 g/mol. The molecule has 0 aliphatic carbocycles. The molecule has 0 saturated carbocycles. The smallest absolute Gasteiger partial charge is 0.0192 e. The fourth-order valence-corrected chi connectivity index (χ4v) is 0.949. The molecule has 0 radical (unpaired) electrons. The summed E-state index contributed by atoms with van der Waals surface area (Å²) in [5.74, 6) is 0.696. The molecule has 0 aliphatic rings. The second-order valence-electron chi connectivity index (χ2n) is 2.90. The molecule has 0 amide bonds. The van der Waals surface area contributed by atoms with E-state index in [0.29, 0.717) is 11.1 Å². The molecular weight excluding hydrogens is 135 g/mol. The van der Waals surface area contributed by atoms with Gasteiger partial charge in [0, 0.05) is 5.16 Å². The highest BCUT2D eigenvalue weighted by atomic mass is 32.4. The molecule has 0 aromatic carbocycles. The zero-order valence-corrected chi connectivity index (χ0v) is 7.64. The van der Waals surface area contributed by atoms with Gasteiger partial charge < -0.3 is 0 Å². The average molecular weight is 148 g/mol. The predicted molar refractivity (Wildman–Crippen MR) is 43.2 cm³/mol. The van der Waals surface area contributed by atoms with Crippen LogP contribution in [0.3, 0.4) is 0 Å². The molecule has 0 nitrogen and oxygen atoms in total. The third kappa shape index (κ3) is 2.19.